The third-order valence-corrected chi connectivity index (χ3v) is 3.60. The Bertz CT molecular complexity index is 460. The number of aryl methyl sites for hydroxylation is 1. The molecule has 3 heteroatoms. The minimum Gasteiger partial charge on any atom is -0.192 e. The molecule has 0 amide bonds. The van der Waals surface area contributed by atoms with Crippen molar-refractivity contribution in [3.63, 3.8) is 0 Å². The normalized spacial score (nSPS) is 18.8. The average Bonchev–Trinajstić information content (AvgIpc) is 2.36. The van der Waals surface area contributed by atoms with Crippen LogP contribution in [0.15, 0.2) is 12.2 Å². The van der Waals surface area contributed by atoms with Gasteiger partial charge in [0.05, 0.1) is 5.56 Å². The van der Waals surface area contributed by atoms with E-state index in [1.54, 1.807) is 11.3 Å². The monoisotopic (exact) mass is 219 g/mol. The average molecular weight is 219 g/mol. The van der Waals surface area contributed by atoms with Crippen molar-refractivity contribution in [3.8, 4) is 6.07 Å². The van der Waals surface area contributed by atoms with Crippen molar-refractivity contribution in [2.45, 2.75) is 12.2 Å². The molecule has 14 heavy (non-hydrogen) atoms. The fourth-order valence-electron chi connectivity index (χ4n) is 1.46. The van der Waals surface area contributed by atoms with Gasteiger partial charge in [-0.15, -0.1) is 11.3 Å². The molecule has 0 fully saturated rings. The van der Waals surface area contributed by atoms with Gasteiger partial charge in [0.1, 0.15) is 6.07 Å². The van der Waals surface area contributed by atoms with Crippen LogP contribution in [-0.2, 0) is 0 Å². The Balaban J connectivity index is 2.63. The number of hydrogen-bond acceptors (Lipinski definition) is 3. The number of hydrogen-bond donors (Lipinski definition) is 1. The minimum atomic E-state index is 0.154. The van der Waals surface area contributed by atoms with Crippen LogP contribution in [0.1, 0.15) is 20.9 Å². The van der Waals surface area contributed by atoms with E-state index in [9.17, 15) is 0 Å². The Hall–Kier alpha value is -0.980. The maximum Gasteiger partial charge on any atom is 0.101 e. The zero-order valence-corrected chi connectivity index (χ0v) is 9.40. The molecule has 70 valence electrons. The molecule has 2 rings (SSSR count). The number of nitriles is 1. The predicted octanol–water partition coefficient (Wildman–Crippen LogP) is 3.27. The maximum absolute atomic E-state index is 9.00. The molecule has 0 saturated carbocycles. The Morgan fingerprint density at radius 3 is 2.86 bits per heavy atom. The van der Waals surface area contributed by atoms with Gasteiger partial charge in [0.2, 0.25) is 0 Å². The van der Waals surface area contributed by atoms with Gasteiger partial charge in [0.25, 0.3) is 0 Å². The molecule has 1 aromatic rings. The lowest BCUT2D eigenvalue weighted by Crippen LogP contribution is -1.82. The van der Waals surface area contributed by atoms with E-state index >= 15 is 0 Å². The summed E-state index contributed by atoms with van der Waals surface area (Å²) in [6.07, 6.45) is 8.07. The number of thiophene rings is 1. The molecule has 1 atom stereocenters. The molecule has 1 aliphatic rings. The summed E-state index contributed by atoms with van der Waals surface area (Å²) in [6.45, 7) is 1.98. The molecular weight excluding hydrogens is 210 g/mol. The summed E-state index contributed by atoms with van der Waals surface area (Å²) in [6, 6.07) is 2.25. The molecule has 0 saturated heterocycles. The third kappa shape index (κ3) is 1.52. The first-order valence-electron chi connectivity index (χ1n) is 4.30. The summed E-state index contributed by atoms with van der Waals surface area (Å²) in [5.41, 5.74) is 1.84. The summed E-state index contributed by atoms with van der Waals surface area (Å²) >= 11 is 6.01. The quantitative estimate of drug-likeness (QED) is 0.665. The van der Waals surface area contributed by atoms with Gasteiger partial charge in [-0.2, -0.15) is 17.9 Å². The van der Waals surface area contributed by atoms with Crippen LogP contribution in [0.5, 0.6) is 0 Å². The van der Waals surface area contributed by atoms with Crippen LogP contribution in [0.2, 0.25) is 0 Å². The van der Waals surface area contributed by atoms with Gasteiger partial charge in [-0.1, -0.05) is 18.2 Å². The van der Waals surface area contributed by atoms with E-state index in [1.807, 2.05) is 31.2 Å². The van der Waals surface area contributed by atoms with Gasteiger partial charge in [-0.05, 0) is 13.0 Å². The first-order valence-corrected chi connectivity index (χ1v) is 5.63. The summed E-state index contributed by atoms with van der Waals surface area (Å²) in [5.74, 6) is 0. The summed E-state index contributed by atoms with van der Waals surface area (Å²) < 4.78 is 0. The highest BCUT2D eigenvalue weighted by molar-refractivity contribution is 7.81. The van der Waals surface area contributed by atoms with Crippen LogP contribution in [0.4, 0.5) is 0 Å². The molecule has 1 aromatic heterocycles. The molecule has 0 aliphatic heterocycles. The fourth-order valence-corrected chi connectivity index (χ4v) is 2.64. The topological polar surface area (TPSA) is 23.8 Å². The highest BCUT2D eigenvalue weighted by Gasteiger charge is 2.13. The maximum atomic E-state index is 9.00. The Labute approximate surface area is 92.8 Å². The van der Waals surface area contributed by atoms with Crippen molar-refractivity contribution in [3.05, 3.63) is 33.0 Å². The van der Waals surface area contributed by atoms with E-state index in [2.05, 4.69) is 18.7 Å². The van der Waals surface area contributed by atoms with Crippen molar-refractivity contribution in [1.29, 1.82) is 5.26 Å². The molecular formula is C11H9NS2. The lowest BCUT2D eigenvalue weighted by atomic mass is 10.1. The number of thiol groups is 1. The zero-order chi connectivity index (χ0) is 10.1. The third-order valence-electron chi connectivity index (χ3n) is 2.17. The Morgan fingerprint density at radius 1 is 1.43 bits per heavy atom. The molecule has 1 unspecified atom stereocenters. The van der Waals surface area contributed by atoms with Crippen molar-refractivity contribution in [2.75, 3.05) is 0 Å². The van der Waals surface area contributed by atoms with Gasteiger partial charge in [-0.25, -0.2) is 0 Å². The second-order valence-electron chi connectivity index (χ2n) is 3.13. The smallest absolute Gasteiger partial charge is 0.101 e. The van der Waals surface area contributed by atoms with Gasteiger partial charge in [0.15, 0.2) is 0 Å². The van der Waals surface area contributed by atoms with Crippen LogP contribution in [-0.4, -0.2) is 5.25 Å². The van der Waals surface area contributed by atoms with E-state index in [4.69, 9.17) is 5.26 Å². The molecule has 0 N–H and O–H groups in total. The van der Waals surface area contributed by atoms with Crippen LogP contribution in [0.25, 0.3) is 12.2 Å². The second-order valence-corrected chi connectivity index (χ2v) is 4.98. The molecule has 1 heterocycles. The fraction of sp³-hybridized carbons (Fsp3) is 0.182. The SMILES string of the molecule is Cc1sc2c(c1C#N)C=CC(S)C=C2. The van der Waals surface area contributed by atoms with Crippen molar-refractivity contribution in [1.82, 2.24) is 0 Å². The lowest BCUT2D eigenvalue weighted by Gasteiger charge is -1.92. The van der Waals surface area contributed by atoms with Gasteiger partial charge in [-0.3, -0.25) is 0 Å². The highest BCUT2D eigenvalue weighted by Crippen LogP contribution is 2.31. The molecule has 1 aliphatic carbocycles. The number of rotatable bonds is 0. The van der Waals surface area contributed by atoms with E-state index in [1.165, 1.54) is 0 Å². The van der Waals surface area contributed by atoms with Crippen molar-refractivity contribution < 1.29 is 0 Å². The number of fused-ring (bicyclic) bond motifs is 1. The highest BCUT2D eigenvalue weighted by atomic mass is 32.1. The van der Waals surface area contributed by atoms with Gasteiger partial charge in [0, 0.05) is 20.6 Å². The molecule has 1 nitrogen and oxygen atoms in total. The van der Waals surface area contributed by atoms with Crippen LogP contribution >= 0.6 is 24.0 Å². The van der Waals surface area contributed by atoms with Crippen LogP contribution in [0, 0.1) is 18.3 Å². The van der Waals surface area contributed by atoms with Gasteiger partial charge >= 0.3 is 0 Å². The zero-order valence-electron chi connectivity index (χ0n) is 7.69. The Kier molecular flexibility index (Phi) is 2.49. The van der Waals surface area contributed by atoms with E-state index < -0.39 is 0 Å². The first kappa shape index (κ1) is 9.57. The predicted molar refractivity (Wildman–Crippen MR) is 64.6 cm³/mol. The molecule has 0 radical (unpaired) electrons. The standard InChI is InChI=1S/C11H9NS2/c1-7-10(6-12)9-4-2-8(13)3-5-11(9)14-7/h2-5,8,13H,1H3. The number of nitrogens with zero attached hydrogens (tertiary/aromatic N) is 1. The van der Waals surface area contributed by atoms with Crippen LogP contribution < -0.4 is 0 Å². The molecule has 0 bridgehead atoms. The summed E-state index contributed by atoms with van der Waals surface area (Å²) in [7, 11) is 0. The minimum absolute atomic E-state index is 0.154. The van der Waals surface area contributed by atoms with E-state index in [0.717, 1.165) is 20.9 Å². The van der Waals surface area contributed by atoms with E-state index in [0.29, 0.717) is 0 Å². The van der Waals surface area contributed by atoms with Crippen molar-refractivity contribution in [2.24, 2.45) is 0 Å². The molecule has 0 spiro atoms. The summed E-state index contributed by atoms with van der Waals surface area (Å²) in [4.78, 5) is 2.25. The summed E-state index contributed by atoms with van der Waals surface area (Å²) in [5, 5.41) is 9.15. The van der Waals surface area contributed by atoms with E-state index in [-0.39, 0.29) is 5.25 Å². The van der Waals surface area contributed by atoms with Gasteiger partial charge < -0.3 is 0 Å². The van der Waals surface area contributed by atoms with Crippen LogP contribution in [0.3, 0.4) is 0 Å². The van der Waals surface area contributed by atoms with Crippen molar-refractivity contribution >= 4 is 36.1 Å². The lowest BCUT2D eigenvalue weighted by molar-refractivity contribution is 1.45. The second kappa shape index (κ2) is 3.64. The first-order chi connectivity index (χ1) is 6.72. The Morgan fingerprint density at radius 2 is 2.14 bits per heavy atom. The largest absolute Gasteiger partial charge is 0.192 e. The molecule has 0 aromatic carbocycles.